The van der Waals surface area contributed by atoms with Gasteiger partial charge < -0.3 is 9.47 Å². The van der Waals surface area contributed by atoms with Crippen molar-refractivity contribution in [2.24, 2.45) is 0 Å². The fourth-order valence-corrected chi connectivity index (χ4v) is 2.42. The van der Waals surface area contributed by atoms with Gasteiger partial charge in [0, 0.05) is 4.57 Å². The summed E-state index contributed by atoms with van der Waals surface area (Å²) < 4.78 is 39.7. The predicted molar refractivity (Wildman–Crippen MR) is 59.6 cm³/mol. The van der Waals surface area contributed by atoms with Crippen LogP contribution in [0.5, 0.6) is 0 Å². The Balaban J connectivity index is 1.80. The maximum absolute atomic E-state index is 13.2. The molecule has 3 rings (SSSR count). The molecule has 0 bridgehead atoms. The number of halogens is 1. The van der Waals surface area contributed by atoms with Crippen LogP contribution in [0, 0.1) is 5.82 Å². The number of nitrogens with one attached hydrogen (secondary N) is 1. The van der Waals surface area contributed by atoms with Gasteiger partial charge in [-0.25, -0.2) is 4.79 Å². The van der Waals surface area contributed by atoms with Crippen molar-refractivity contribution < 1.29 is 27.8 Å². The highest BCUT2D eigenvalue weighted by Gasteiger charge is 2.59. The summed E-state index contributed by atoms with van der Waals surface area (Å²) in [7, 11) is -2.76. The van der Waals surface area contributed by atoms with Crippen LogP contribution in [0.15, 0.2) is 15.8 Å². The normalized spacial score (nSPS) is 32.0. The smallest absolute Gasteiger partial charge is 0.362 e. The van der Waals surface area contributed by atoms with Crippen LogP contribution in [0.25, 0.3) is 0 Å². The second kappa shape index (κ2) is 4.83. The molecule has 108 valence electrons. The third-order valence-electron chi connectivity index (χ3n) is 3.07. The van der Waals surface area contributed by atoms with E-state index in [0.717, 1.165) is 10.8 Å². The van der Waals surface area contributed by atoms with Crippen molar-refractivity contribution in [3.63, 3.8) is 0 Å². The van der Waals surface area contributed by atoms with Gasteiger partial charge in [0.25, 0.3) is 5.56 Å². The minimum absolute atomic E-state index is 0.191. The number of nitrogens with zero attached hydrogens (tertiary/aromatic N) is 1. The van der Waals surface area contributed by atoms with Gasteiger partial charge in [-0.3, -0.25) is 14.3 Å². The highest BCUT2D eigenvalue weighted by atomic mass is 31.1. The molecule has 2 fully saturated rings. The molecule has 1 unspecified atom stereocenters. The number of H-pyrrole nitrogens is 1. The zero-order valence-electron chi connectivity index (χ0n) is 9.76. The van der Waals surface area contributed by atoms with E-state index < -0.39 is 49.9 Å². The molecule has 1 aromatic rings. The van der Waals surface area contributed by atoms with Gasteiger partial charge in [0.2, 0.25) is 5.82 Å². The van der Waals surface area contributed by atoms with Crippen molar-refractivity contribution in [2.75, 3.05) is 6.61 Å². The second-order valence-electron chi connectivity index (χ2n) is 4.31. The van der Waals surface area contributed by atoms with Crippen LogP contribution in [0.4, 0.5) is 4.39 Å². The van der Waals surface area contributed by atoms with Crippen LogP contribution in [-0.4, -0.2) is 39.4 Å². The van der Waals surface area contributed by atoms with E-state index in [1.54, 1.807) is 0 Å². The molecule has 1 aromatic heterocycles. The van der Waals surface area contributed by atoms with Gasteiger partial charge in [0.05, 0.1) is 6.20 Å². The van der Waals surface area contributed by atoms with Gasteiger partial charge in [-0.15, -0.1) is 9.42 Å². The standard InChI is InChI=1S/C9H8FN2O7P/c10-3-1-12(9(14)11-7(3)13)8-6-5(19-6)4(18-8)2-17-20(15)16/h1,4-6,8H,2H2,(H-,11,13,14,15,16)/p+1/t4-,5+,6+,8-/m1/s1. The molecule has 0 spiro atoms. The van der Waals surface area contributed by atoms with Crippen molar-refractivity contribution in [2.45, 2.75) is 24.5 Å². The lowest BCUT2D eigenvalue weighted by Crippen LogP contribution is -2.36. The molecular formula is C9H9FN2O7P+. The Bertz CT molecular complexity index is 673. The largest absolute Gasteiger partial charge is 0.694 e. The van der Waals surface area contributed by atoms with Crippen LogP contribution in [0.3, 0.4) is 0 Å². The monoisotopic (exact) mass is 307 g/mol. The molecule has 0 radical (unpaired) electrons. The molecular weight excluding hydrogens is 298 g/mol. The molecule has 2 N–H and O–H groups in total. The van der Waals surface area contributed by atoms with E-state index in [9.17, 15) is 18.5 Å². The van der Waals surface area contributed by atoms with E-state index in [4.69, 9.17) is 14.4 Å². The Morgan fingerprint density at radius 1 is 1.45 bits per heavy atom. The number of hydrogen-bond donors (Lipinski definition) is 2. The number of rotatable bonds is 4. The Morgan fingerprint density at radius 3 is 2.90 bits per heavy atom. The van der Waals surface area contributed by atoms with Crippen LogP contribution < -0.4 is 11.2 Å². The van der Waals surface area contributed by atoms with Gasteiger partial charge in [-0.1, -0.05) is 0 Å². The van der Waals surface area contributed by atoms with Gasteiger partial charge in [-0.2, -0.15) is 4.39 Å². The van der Waals surface area contributed by atoms with Gasteiger partial charge in [0.15, 0.2) is 6.23 Å². The highest BCUT2D eigenvalue weighted by molar-refractivity contribution is 7.32. The zero-order chi connectivity index (χ0) is 14.4. The summed E-state index contributed by atoms with van der Waals surface area (Å²) in [5, 5.41) is 0. The van der Waals surface area contributed by atoms with E-state index in [2.05, 4.69) is 4.52 Å². The first-order valence-electron chi connectivity index (χ1n) is 5.58. The van der Waals surface area contributed by atoms with Crippen molar-refractivity contribution in [3.8, 4) is 0 Å². The first kappa shape index (κ1) is 13.5. The summed E-state index contributed by atoms with van der Waals surface area (Å²) in [4.78, 5) is 32.9. The molecule has 2 saturated heterocycles. The van der Waals surface area contributed by atoms with Crippen molar-refractivity contribution >= 4 is 8.25 Å². The average Bonchev–Trinajstić information content (AvgIpc) is 3.08. The fourth-order valence-electron chi connectivity index (χ4n) is 2.14. The number of fused-ring (bicyclic) bond motifs is 1. The minimum Gasteiger partial charge on any atom is -0.362 e. The number of ether oxygens (including phenoxy) is 2. The molecule has 9 nitrogen and oxygen atoms in total. The van der Waals surface area contributed by atoms with E-state index in [-0.39, 0.29) is 6.61 Å². The third kappa shape index (κ3) is 2.32. The maximum Gasteiger partial charge on any atom is 0.694 e. The maximum atomic E-state index is 13.2. The van der Waals surface area contributed by atoms with E-state index in [1.807, 2.05) is 4.98 Å². The SMILES string of the molecule is O=c1[nH]c(=O)n([C@@H]2O[C@H](CO[P+](=O)O)[C@@H]3O[C@@H]32)cc1F. The van der Waals surface area contributed by atoms with Crippen LogP contribution >= 0.6 is 8.25 Å². The Hall–Kier alpha value is -1.45. The lowest BCUT2D eigenvalue weighted by molar-refractivity contribution is -0.0826. The summed E-state index contributed by atoms with van der Waals surface area (Å²) in [5.74, 6) is -1.12. The topological polar surface area (TPSA) is 123 Å². The summed E-state index contributed by atoms with van der Waals surface area (Å²) in [5.41, 5.74) is -1.94. The average molecular weight is 307 g/mol. The van der Waals surface area contributed by atoms with Gasteiger partial charge in [0.1, 0.15) is 24.9 Å². The molecule has 11 heteroatoms. The van der Waals surface area contributed by atoms with Gasteiger partial charge in [-0.05, 0) is 0 Å². The van der Waals surface area contributed by atoms with E-state index in [1.165, 1.54) is 0 Å². The number of aromatic nitrogens is 2. The molecule has 5 atom stereocenters. The lowest BCUT2D eigenvalue weighted by Gasteiger charge is -2.17. The molecule has 2 aliphatic heterocycles. The van der Waals surface area contributed by atoms with Gasteiger partial charge >= 0.3 is 13.9 Å². The summed E-state index contributed by atoms with van der Waals surface area (Å²) in [6.07, 6.45) is -1.69. The molecule has 0 amide bonds. The highest BCUT2D eigenvalue weighted by Crippen LogP contribution is 2.44. The lowest BCUT2D eigenvalue weighted by atomic mass is 10.2. The molecule has 2 aliphatic rings. The zero-order valence-corrected chi connectivity index (χ0v) is 10.7. The summed E-state index contributed by atoms with van der Waals surface area (Å²) in [6.45, 7) is -0.191. The van der Waals surface area contributed by atoms with E-state index in [0.29, 0.717) is 0 Å². The molecule has 0 saturated carbocycles. The molecule has 20 heavy (non-hydrogen) atoms. The van der Waals surface area contributed by atoms with Crippen molar-refractivity contribution in [1.29, 1.82) is 0 Å². The van der Waals surface area contributed by atoms with Crippen LogP contribution in [0.1, 0.15) is 6.23 Å². The summed E-state index contributed by atoms with van der Waals surface area (Å²) in [6, 6.07) is 0. The number of epoxide rings is 1. The minimum atomic E-state index is -2.76. The van der Waals surface area contributed by atoms with Crippen LogP contribution in [0.2, 0.25) is 0 Å². The molecule has 0 aromatic carbocycles. The molecule has 3 heterocycles. The second-order valence-corrected chi connectivity index (χ2v) is 5.04. The Morgan fingerprint density at radius 2 is 2.20 bits per heavy atom. The van der Waals surface area contributed by atoms with Crippen molar-refractivity contribution in [1.82, 2.24) is 9.55 Å². The number of aromatic amines is 1. The summed E-state index contributed by atoms with van der Waals surface area (Å²) >= 11 is 0. The number of hydrogen-bond acceptors (Lipinski definition) is 6. The predicted octanol–water partition coefficient (Wildman–Crippen LogP) is -0.993. The van der Waals surface area contributed by atoms with Crippen LogP contribution in [-0.2, 0) is 18.6 Å². The molecule has 0 aliphatic carbocycles. The Kier molecular flexibility index (Phi) is 3.27. The van der Waals surface area contributed by atoms with Crippen molar-refractivity contribution in [3.05, 3.63) is 32.9 Å². The Labute approximate surface area is 110 Å². The fraction of sp³-hybridized carbons (Fsp3) is 0.556. The first-order valence-corrected chi connectivity index (χ1v) is 6.71. The van der Waals surface area contributed by atoms with E-state index >= 15 is 0 Å². The third-order valence-corrected chi connectivity index (χ3v) is 3.44. The quantitative estimate of drug-likeness (QED) is 0.540. The first-order chi connectivity index (χ1) is 9.47.